The smallest absolute Gasteiger partial charge is 0.305 e. The van der Waals surface area contributed by atoms with Crippen molar-refractivity contribution >= 4 is 5.97 Å². The van der Waals surface area contributed by atoms with Gasteiger partial charge in [0.25, 0.3) is 0 Å². The molecule has 114 valence electrons. The largest absolute Gasteiger partial charge is 0.466 e. The number of esters is 1. The number of halogens is 1. The fraction of sp³-hybridized carbons (Fsp3) is 0.938. The molecule has 0 fully saturated rings. The van der Waals surface area contributed by atoms with Crippen LogP contribution in [-0.4, -0.2) is 19.3 Å². The van der Waals surface area contributed by atoms with Crippen LogP contribution >= 0.6 is 0 Å². The van der Waals surface area contributed by atoms with Gasteiger partial charge in [-0.2, -0.15) is 0 Å². The summed E-state index contributed by atoms with van der Waals surface area (Å²) in [6.45, 7) is 2.54. The Hall–Kier alpha value is -0.600. The van der Waals surface area contributed by atoms with E-state index in [1.165, 1.54) is 19.3 Å². The molecule has 0 aromatic heterocycles. The molecule has 19 heavy (non-hydrogen) atoms. The number of carbonyl (C=O) groups is 1. The molecular weight excluding hydrogens is 243 g/mol. The third kappa shape index (κ3) is 15.3. The molecule has 0 aromatic carbocycles. The lowest BCUT2D eigenvalue weighted by Crippen LogP contribution is -2.05. The predicted molar refractivity (Wildman–Crippen MR) is 78.0 cm³/mol. The normalized spacial score (nSPS) is 10.6. The predicted octanol–water partition coefficient (Wildman–Crippen LogP) is 5.20. The van der Waals surface area contributed by atoms with Crippen molar-refractivity contribution in [1.29, 1.82) is 0 Å². The van der Waals surface area contributed by atoms with Gasteiger partial charge < -0.3 is 4.74 Å². The molecule has 0 saturated heterocycles. The van der Waals surface area contributed by atoms with E-state index in [1.54, 1.807) is 0 Å². The van der Waals surface area contributed by atoms with Gasteiger partial charge in [0.2, 0.25) is 0 Å². The Morgan fingerprint density at radius 3 is 2.11 bits per heavy atom. The van der Waals surface area contributed by atoms with Gasteiger partial charge in [0.15, 0.2) is 0 Å². The van der Waals surface area contributed by atoms with E-state index in [9.17, 15) is 9.18 Å². The number of rotatable bonds is 14. The summed E-state index contributed by atoms with van der Waals surface area (Å²) in [5, 5.41) is 0. The van der Waals surface area contributed by atoms with Crippen LogP contribution in [-0.2, 0) is 9.53 Å². The van der Waals surface area contributed by atoms with Gasteiger partial charge in [0.05, 0.1) is 13.3 Å². The Labute approximate surface area is 118 Å². The summed E-state index contributed by atoms with van der Waals surface area (Å²) >= 11 is 0. The van der Waals surface area contributed by atoms with Gasteiger partial charge in [-0.25, -0.2) is 0 Å². The molecule has 0 unspecified atom stereocenters. The topological polar surface area (TPSA) is 26.3 Å². The van der Waals surface area contributed by atoms with Crippen LogP contribution in [0, 0.1) is 0 Å². The molecule has 0 amide bonds. The number of unbranched alkanes of at least 4 members (excludes halogenated alkanes) is 9. The van der Waals surface area contributed by atoms with Gasteiger partial charge in [-0.05, 0) is 19.3 Å². The molecule has 2 nitrogen and oxygen atoms in total. The fourth-order valence-electron chi connectivity index (χ4n) is 2.03. The SMILES string of the molecule is CCCCCCCC(=O)OCCCCCCCCF. The Kier molecular flexibility index (Phi) is 15.0. The molecule has 0 radical (unpaired) electrons. The molecule has 0 saturated carbocycles. The molecule has 0 atom stereocenters. The highest BCUT2D eigenvalue weighted by Gasteiger charge is 2.02. The van der Waals surface area contributed by atoms with E-state index in [1.807, 2.05) is 0 Å². The maximum absolute atomic E-state index is 11.8. The maximum atomic E-state index is 11.8. The van der Waals surface area contributed by atoms with Crippen molar-refractivity contribution in [2.45, 2.75) is 84.0 Å². The van der Waals surface area contributed by atoms with Crippen LogP contribution in [0.2, 0.25) is 0 Å². The molecule has 0 spiro atoms. The molecule has 0 aliphatic heterocycles. The van der Waals surface area contributed by atoms with Crippen LogP contribution in [0.4, 0.5) is 4.39 Å². The van der Waals surface area contributed by atoms with E-state index in [-0.39, 0.29) is 12.6 Å². The molecule has 0 aliphatic carbocycles. The lowest BCUT2D eigenvalue weighted by molar-refractivity contribution is -0.143. The number of alkyl halides is 1. The standard InChI is InChI=1S/C16H31FO2/c1-2-3-4-7-10-13-16(18)19-15-12-9-6-5-8-11-14-17/h2-15H2,1H3. The number of carbonyl (C=O) groups excluding carboxylic acids is 1. The molecule has 0 heterocycles. The Balaban J connectivity index is 3.12. The minimum absolute atomic E-state index is 0.0473. The average Bonchev–Trinajstić information content (AvgIpc) is 2.41. The Morgan fingerprint density at radius 2 is 1.42 bits per heavy atom. The van der Waals surface area contributed by atoms with E-state index >= 15 is 0 Å². The van der Waals surface area contributed by atoms with Gasteiger partial charge in [-0.3, -0.25) is 9.18 Å². The van der Waals surface area contributed by atoms with Crippen LogP contribution in [0.5, 0.6) is 0 Å². The molecule has 0 rings (SSSR count). The van der Waals surface area contributed by atoms with Crippen LogP contribution in [0.1, 0.15) is 84.0 Å². The van der Waals surface area contributed by atoms with Crippen molar-refractivity contribution in [2.24, 2.45) is 0 Å². The third-order valence-corrected chi connectivity index (χ3v) is 3.28. The quantitative estimate of drug-likeness (QED) is 0.321. The van der Waals surface area contributed by atoms with Gasteiger partial charge >= 0.3 is 5.97 Å². The van der Waals surface area contributed by atoms with Crippen LogP contribution in [0.3, 0.4) is 0 Å². The first kappa shape index (κ1) is 18.4. The van der Waals surface area contributed by atoms with E-state index in [2.05, 4.69) is 6.92 Å². The zero-order valence-corrected chi connectivity index (χ0v) is 12.6. The summed E-state index contributed by atoms with van der Waals surface area (Å²) in [6.07, 6.45) is 12.3. The van der Waals surface area contributed by atoms with E-state index < -0.39 is 0 Å². The Morgan fingerprint density at radius 1 is 0.842 bits per heavy atom. The van der Waals surface area contributed by atoms with Crippen molar-refractivity contribution in [3.8, 4) is 0 Å². The minimum Gasteiger partial charge on any atom is -0.466 e. The van der Waals surface area contributed by atoms with Gasteiger partial charge in [-0.1, -0.05) is 58.3 Å². The van der Waals surface area contributed by atoms with Crippen molar-refractivity contribution in [2.75, 3.05) is 13.3 Å². The van der Waals surface area contributed by atoms with Crippen LogP contribution in [0.25, 0.3) is 0 Å². The third-order valence-electron chi connectivity index (χ3n) is 3.28. The lowest BCUT2D eigenvalue weighted by Gasteiger charge is -2.05. The van der Waals surface area contributed by atoms with Gasteiger partial charge in [0, 0.05) is 6.42 Å². The summed E-state index contributed by atoms with van der Waals surface area (Å²) < 4.78 is 17.0. The number of hydrogen-bond acceptors (Lipinski definition) is 2. The highest BCUT2D eigenvalue weighted by Crippen LogP contribution is 2.08. The van der Waals surface area contributed by atoms with Crippen molar-refractivity contribution in [3.05, 3.63) is 0 Å². The van der Waals surface area contributed by atoms with E-state index in [0.29, 0.717) is 19.4 Å². The lowest BCUT2D eigenvalue weighted by atomic mass is 10.1. The average molecular weight is 274 g/mol. The highest BCUT2D eigenvalue weighted by atomic mass is 19.1. The zero-order valence-electron chi connectivity index (χ0n) is 12.6. The maximum Gasteiger partial charge on any atom is 0.305 e. The summed E-state index contributed by atoms with van der Waals surface area (Å²) in [7, 11) is 0. The minimum atomic E-state index is -0.199. The van der Waals surface area contributed by atoms with Crippen molar-refractivity contribution in [1.82, 2.24) is 0 Å². The Bertz CT molecular complexity index is 195. The first-order valence-corrected chi connectivity index (χ1v) is 8.02. The monoisotopic (exact) mass is 274 g/mol. The second-order valence-electron chi connectivity index (χ2n) is 5.19. The van der Waals surface area contributed by atoms with Crippen molar-refractivity contribution in [3.63, 3.8) is 0 Å². The second kappa shape index (κ2) is 15.5. The van der Waals surface area contributed by atoms with Gasteiger partial charge in [0.1, 0.15) is 0 Å². The fourth-order valence-corrected chi connectivity index (χ4v) is 2.03. The number of ether oxygens (including phenoxy) is 1. The van der Waals surface area contributed by atoms with Crippen molar-refractivity contribution < 1.29 is 13.9 Å². The molecular formula is C16H31FO2. The summed E-state index contributed by atoms with van der Waals surface area (Å²) in [4.78, 5) is 11.4. The number of hydrogen-bond donors (Lipinski definition) is 0. The summed E-state index contributed by atoms with van der Waals surface area (Å²) in [6, 6.07) is 0. The van der Waals surface area contributed by atoms with Crippen LogP contribution < -0.4 is 0 Å². The highest BCUT2D eigenvalue weighted by molar-refractivity contribution is 5.69. The first-order chi connectivity index (χ1) is 9.31. The van der Waals surface area contributed by atoms with E-state index in [4.69, 9.17) is 4.74 Å². The van der Waals surface area contributed by atoms with Crippen LogP contribution in [0.15, 0.2) is 0 Å². The summed E-state index contributed by atoms with van der Waals surface area (Å²) in [5.41, 5.74) is 0. The molecule has 0 bridgehead atoms. The zero-order chi connectivity index (χ0) is 14.2. The second-order valence-corrected chi connectivity index (χ2v) is 5.19. The molecule has 3 heteroatoms. The van der Waals surface area contributed by atoms with E-state index in [0.717, 1.165) is 44.9 Å². The summed E-state index contributed by atoms with van der Waals surface area (Å²) in [5.74, 6) is -0.0473. The first-order valence-electron chi connectivity index (χ1n) is 8.02. The van der Waals surface area contributed by atoms with Gasteiger partial charge in [-0.15, -0.1) is 0 Å². The molecule has 0 N–H and O–H groups in total. The molecule has 0 aromatic rings. The molecule has 0 aliphatic rings.